The van der Waals surface area contributed by atoms with E-state index in [1.54, 1.807) is 24.3 Å². The molecule has 18 heteroatoms. The lowest BCUT2D eigenvalue weighted by molar-refractivity contribution is -0.118. The van der Waals surface area contributed by atoms with Gasteiger partial charge in [0.15, 0.2) is 11.6 Å². The molecule has 0 atom stereocenters. The molecule has 4 aromatic rings. The first-order valence-corrected chi connectivity index (χ1v) is 13.5. The molecule has 0 saturated carbocycles. The second-order valence-corrected chi connectivity index (χ2v) is 10.2. The van der Waals surface area contributed by atoms with Crippen molar-refractivity contribution in [3.63, 3.8) is 0 Å². The third-order valence-electron chi connectivity index (χ3n) is 5.74. The van der Waals surface area contributed by atoms with Gasteiger partial charge in [-0.25, -0.2) is 0 Å². The maximum absolute atomic E-state index is 12.5. The first kappa shape index (κ1) is 30.7. The van der Waals surface area contributed by atoms with E-state index < -0.39 is 0 Å². The molecule has 4 rings (SSSR count). The number of anilines is 6. The number of unbranched alkanes of at least 4 members (excludes halogenated alkanes) is 1. The van der Waals surface area contributed by atoms with E-state index in [4.69, 9.17) is 69.3 Å². The summed E-state index contributed by atoms with van der Waals surface area (Å²) in [6, 6.07) is 6.25. The third kappa shape index (κ3) is 6.97. The van der Waals surface area contributed by atoms with Crippen LogP contribution in [-0.2, 0) is 9.59 Å². The summed E-state index contributed by atoms with van der Waals surface area (Å²) in [4.78, 5) is 32.7. The molecule has 0 bridgehead atoms. The van der Waals surface area contributed by atoms with Gasteiger partial charge in [0.2, 0.25) is 23.7 Å². The Balaban J connectivity index is 1.29. The molecule has 0 aliphatic heterocycles. The largest absolute Gasteiger partial charge is 0.382 e. The van der Waals surface area contributed by atoms with Gasteiger partial charge in [-0.05, 0) is 37.1 Å². The van der Waals surface area contributed by atoms with Gasteiger partial charge in [0.1, 0.15) is 11.4 Å². The Hall–Kier alpha value is -4.24. The molecular formula is C24H22Cl4N12O2. The molecule has 10 N–H and O–H groups in total. The van der Waals surface area contributed by atoms with Gasteiger partial charge >= 0.3 is 0 Å². The second-order valence-electron chi connectivity index (χ2n) is 8.69. The van der Waals surface area contributed by atoms with Crippen LogP contribution in [0.15, 0.2) is 24.3 Å². The highest BCUT2D eigenvalue weighted by Crippen LogP contribution is 2.40. The fourth-order valence-corrected chi connectivity index (χ4v) is 4.67. The number of halogens is 4. The second kappa shape index (κ2) is 13.2. The summed E-state index contributed by atoms with van der Waals surface area (Å²) < 4.78 is 0. The predicted molar refractivity (Wildman–Crippen MR) is 164 cm³/mol. The number of benzene rings is 2. The molecule has 0 aliphatic carbocycles. The number of nitrogens with one attached hydrogen (secondary N) is 2. The van der Waals surface area contributed by atoms with Crippen molar-refractivity contribution in [1.82, 2.24) is 30.4 Å². The van der Waals surface area contributed by atoms with Crippen LogP contribution in [0.25, 0.3) is 22.5 Å². The molecule has 42 heavy (non-hydrogen) atoms. The van der Waals surface area contributed by atoms with E-state index in [1.807, 2.05) is 0 Å². The van der Waals surface area contributed by atoms with E-state index >= 15 is 0 Å². The number of nitrogen functional groups attached to an aromatic ring is 4. The number of amides is 2. The lowest BCUT2D eigenvalue weighted by atomic mass is 10.1. The van der Waals surface area contributed by atoms with Crippen LogP contribution >= 0.6 is 46.4 Å². The maximum atomic E-state index is 12.5. The Morgan fingerprint density at radius 3 is 1.33 bits per heavy atom. The van der Waals surface area contributed by atoms with Gasteiger partial charge in [-0.2, -0.15) is 9.97 Å². The van der Waals surface area contributed by atoms with Gasteiger partial charge in [0.25, 0.3) is 0 Å². The molecule has 2 amide bonds. The average molecular weight is 652 g/mol. The number of aromatic nitrogens is 6. The molecule has 2 heterocycles. The summed E-state index contributed by atoms with van der Waals surface area (Å²) in [5, 5.41) is 20.9. The summed E-state index contributed by atoms with van der Waals surface area (Å²) in [6.45, 7) is 0. The van der Waals surface area contributed by atoms with Crippen molar-refractivity contribution in [2.24, 2.45) is 0 Å². The van der Waals surface area contributed by atoms with E-state index in [-0.39, 0.29) is 79.7 Å². The summed E-state index contributed by atoms with van der Waals surface area (Å²) >= 11 is 25.5. The molecule has 0 spiro atoms. The molecule has 14 nitrogen and oxygen atoms in total. The lowest BCUT2D eigenvalue weighted by Gasteiger charge is -2.13. The monoisotopic (exact) mass is 650 g/mol. The van der Waals surface area contributed by atoms with Crippen LogP contribution in [-0.4, -0.2) is 42.2 Å². The minimum Gasteiger partial charge on any atom is -0.382 e. The molecular weight excluding hydrogens is 630 g/mol. The minimum atomic E-state index is -0.320. The maximum Gasteiger partial charge on any atom is 0.242 e. The number of carbonyl (C=O) groups is 2. The molecule has 0 unspecified atom stereocenters. The zero-order valence-electron chi connectivity index (χ0n) is 21.5. The minimum absolute atomic E-state index is 0.0272. The lowest BCUT2D eigenvalue weighted by Crippen LogP contribution is -2.14. The fourth-order valence-electron chi connectivity index (χ4n) is 3.74. The highest BCUT2D eigenvalue weighted by atomic mass is 35.5. The number of hydrogen-bond acceptors (Lipinski definition) is 12. The van der Waals surface area contributed by atoms with Crippen LogP contribution in [0, 0.1) is 0 Å². The van der Waals surface area contributed by atoms with Crippen LogP contribution in [0.3, 0.4) is 0 Å². The van der Waals surface area contributed by atoms with E-state index in [1.165, 1.54) is 0 Å². The van der Waals surface area contributed by atoms with Gasteiger partial charge in [0.05, 0.1) is 31.5 Å². The highest BCUT2D eigenvalue weighted by molar-refractivity contribution is 6.46. The Morgan fingerprint density at radius 2 is 0.976 bits per heavy atom. The van der Waals surface area contributed by atoms with Crippen LogP contribution in [0.4, 0.5) is 34.9 Å². The van der Waals surface area contributed by atoms with Gasteiger partial charge in [-0.15, -0.1) is 20.4 Å². The Bertz CT molecular complexity index is 1570. The Labute approximate surface area is 258 Å². The molecule has 0 radical (unpaired) electrons. The Morgan fingerprint density at radius 1 is 0.595 bits per heavy atom. The first-order chi connectivity index (χ1) is 20.0. The fraction of sp³-hybridized carbons (Fsp3) is 0.167. The van der Waals surface area contributed by atoms with Crippen molar-refractivity contribution in [3.8, 4) is 22.5 Å². The number of rotatable bonds is 9. The molecule has 2 aromatic heterocycles. The summed E-state index contributed by atoms with van der Waals surface area (Å²) in [7, 11) is 0. The highest BCUT2D eigenvalue weighted by Gasteiger charge is 2.19. The average Bonchev–Trinajstić information content (AvgIpc) is 2.93. The van der Waals surface area contributed by atoms with Crippen molar-refractivity contribution < 1.29 is 9.59 Å². The normalized spacial score (nSPS) is 10.9. The predicted octanol–water partition coefficient (Wildman–Crippen LogP) is 4.47. The first-order valence-electron chi connectivity index (χ1n) is 12.0. The van der Waals surface area contributed by atoms with Crippen molar-refractivity contribution >= 4 is 93.1 Å². The molecule has 2 aromatic carbocycles. The standard InChI is InChI=1S/C24H22Cl4N12O2/c25-15-9(19-21(29)35-23(31)39-37-19)5-7-11(17(15)27)33-13(41)3-1-2-4-14(42)34-12-8-6-10(16(26)18(12)28)20-22(30)36-24(32)40-38-20/h5-8H,1-4H2,(H,33,41)(H,34,42)(H4,29,31,35,39)(H4,30,32,36,40). The quantitative estimate of drug-likeness (QED) is 0.137. The molecule has 0 saturated heterocycles. The molecule has 0 aliphatic rings. The van der Waals surface area contributed by atoms with Crippen molar-refractivity contribution in [1.29, 1.82) is 0 Å². The third-order valence-corrected chi connectivity index (χ3v) is 7.50. The van der Waals surface area contributed by atoms with Crippen molar-refractivity contribution in [2.75, 3.05) is 33.6 Å². The van der Waals surface area contributed by atoms with Crippen molar-refractivity contribution in [3.05, 3.63) is 44.4 Å². The van der Waals surface area contributed by atoms with Crippen molar-refractivity contribution in [2.45, 2.75) is 25.7 Å². The van der Waals surface area contributed by atoms with Gasteiger partial charge < -0.3 is 33.6 Å². The summed E-state index contributed by atoms with van der Waals surface area (Å²) in [6.07, 6.45) is 1.09. The number of carbonyl (C=O) groups excluding carboxylic acids is 2. The van der Waals surface area contributed by atoms with Crippen LogP contribution < -0.4 is 33.6 Å². The summed E-state index contributed by atoms with van der Waals surface area (Å²) in [5.41, 5.74) is 24.4. The van der Waals surface area contributed by atoms with Gasteiger partial charge in [0, 0.05) is 24.0 Å². The zero-order chi connectivity index (χ0) is 30.6. The van der Waals surface area contributed by atoms with Crippen LogP contribution in [0.2, 0.25) is 20.1 Å². The van der Waals surface area contributed by atoms with Gasteiger partial charge in [-0.3, -0.25) is 9.59 Å². The van der Waals surface area contributed by atoms with E-state index in [9.17, 15) is 9.59 Å². The Kier molecular flexibility index (Phi) is 9.63. The number of nitrogens with zero attached hydrogens (tertiary/aromatic N) is 6. The topological polar surface area (TPSA) is 240 Å². The van der Waals surface area contributed by atoms with E-state index in [2.05, 4.69) is 41.0 Å². The number of nitrogens with two attached hydrogens (primary N) is 4. The SMILES string of the molecule is Nc1nnc(-c2ccc(NC(=O)CCCCC(=O)Nc3ccc(-c4nnc(N)nc4N)c(Cl)c3Cl)c(Cl)c2Cl)c(N)n1. The smallest absolute Gasteiger partial charge is 0.242 e. The van der Waals surface area contributed by atoms with Crippen LogP contribution in [0.5, 0.6) is 0 Å². The molecule has 218 valence electrons. The van der Waals surface area contributed by atoms with Gasteiger partial charge in [-0.1, -0.05) is 46.4 Å². The zero-order valence-corrected chi connectivity index (χ0v) is 24.5. The van der Waals surface area contributed by atoms with Crippen LogP contribution in [0.1, 0.15) is 25.7 Å². The molecule has 0 fully saturated rings. The summed E-state index contributed by atoms with van der Waals surface area (Å²) in [5.74, 6) is -0.758. The number of hydrogen-bond donors (Lipinski definition) is 6. The van der Waals surface area contributed by atoms with E-state index in [0.717, 1.165) is 0 Å². The van der Waals surface area contributed by atoms with E-state index in [0.29, 0.717) is 35.3 Å².